The molecule has 0 aliphatic carbocycles. The topological polar surface area (TPSA) is 92.7 Å². The Morgan fingerprint density at radius 3 is 2.32 bits per heavy atom. The SMILES string of the molecule is CC(=O)Oc1ccc(C(=O)N[C@H](Cc2cccc3ccccc23)C(=O)O)cc1. The van der Waals surface area contributed by atoms with Crippen molar-refractivity contribution in [2.75, 3.05) is 0 Å². The van der Waals surface area contributed by atoms with Gasteiger partial charge in [0.05, 0.1) is 0 Å². The molecular formula is C22H19NO5. The summed E-state index contributed by atoms with van der Waals surface area (Å²) in [5.41, 5.74) is 1.12. The summed E-state index contributed by atoms with van der Waals surface area (Å²) < 4.78 is 4.92. The van der Waals surface area contributed by atoms with Gasteiger partial charge in [0.2, 0.25) is 0 Å². The van der Waals surface area contributed by atoms with Crippen LogP contribution in [0.2, 0.25) is 0 Å². The fourth-order valence-electron chi connectivity index (χ4n) is 2.97. The van der Waals surface area contributed by atoms with E-state index in [4.69, 9.17) is 4.74 Å². The van der Waals surface area contributed by atoms with Crippen LogP contribution in [0.15, 0.2) is 66.7 Å². The van der Waals surface area contributed by atoms with Gasteiger partial charge >= 0.3 is 11.9 Å². The van der Waals surface area contributed by atoms with Crippen LogP contribution in [0.5, 0.6) is 5.75 Å². The minimum absolute atomic E-state index is 0.161. The molecule has 3 rings (SSSR count). The number of ether oxygens (including phenoxy) is 1. The van der Waals surface area contributed by atoms with Gasteiger partial charge in [0.1, 0.15) is 11.8 Å². The highest BCUT2D eigenvalue weighted by Gasteiger charge is 2.22. The second-order valence-corrected chi connectivity index (χ2v) is 6.32. The van der Waals surface area contributed by atoms with E-state index >= 15 is 0 Å². The maximum Gasteiger partial charge on any atom is 0.326 e. The molecule has 3 aromatic rings. The molecule has 0 spiro atoms. The molecule has 6 nitrogen and oxygen atoms in total. The largest absolute Gasteiger partial charge is 0.480 e. The maximum atomic E-state index is 12.5. The highest BCUT2D eigenvalue weighted by molar-refractivity contribution is 5.97. The molecule has 0 bridgehead atoms. The van der Waals surface area contributed by atoms with Gasteiger partial charge in [-0.3, -0.25) is 9.59 Å². The minimum Gasteiger partial charge on any atom is -0.480 e. The molecular weight excluding hydrogens is 358 g/mol. The lowest BCUT2D eigenvalue weighted by Crippen LogP contribution is -2.42. The number of carboxylic acids is 1. The predicted molar refractivity (Wildman–Crippen MR) is 104 cm³/mol. The monoisotopic (exact) mass is 377 g/mol. The Labute approximate surface area is 161 Å². The average Bonchev–Trinajstić information content (AvgIpc) is 2.67. The van der Waals surface area contributed by atoms with Gasteiger partial charge in [-0.2, -0.15) is 0 Å². The first kappa shape index (κ1) is 19.1. The van der Waals surface area contributed by atoms with E-state index in [1.165, 1.54) is 31.2 Å². The number of esters is 1. The van der Waals surface area contributed by atoms with E-state index in [0.717, 1.165) is 16.3 Å². The number of benzene rings is 3. The zero-order valence-corrected chi connectivity index (χ0v) is 15.2. The summed E-state index contributed by atoms with van der Waals surface area (Å²) in [6.45, 7) is 1.28. The Hall–Kier alpha value is -3.67. The predicted octanol–water partition coefficient (Wildman–Crippen LogP) is 3.19. The highest BCUT2D eigenvalue weighted by atomic mass is 16.5. The van der Waals surface area contributed by atoms with Crippen molar-refractivity contribution in [3.05, 3.63) is 77.9 Å². The number of rotatable bonds is 6. The number of fused-ring (bicyclic) bond motifs is 1. The molecule has 0 fully saturated rings. The number of hydrogen-bond donors (Lipinski definition) is 2. The van der Waals surface area contributed by atoms with Gasteiger partial charge in [-0.05, 0) is 40.6 Å². The molecule has 1 amide bonds. The van der Waals surface area contributed by atoms with E-state index in [2.05, 4.69) is 5.32 Å². The Balaban J connectivity index is 1.76. The van der Waals surface area contributed by atoms with Gasteiger partial charge in [-0.25, -0.2) is 4.79 Å². The number of aliphatic carboxylic acids is 1. The van der Waals surface area contributed by atoms with Crippen LogP contribution in [0.25, 0.3) is 10.8 Å². The number of amides is 1. The number of carboxylic acid groups (broad SMARTS) is 1. The Morgan fingerprint density at radius 1 is 0.964 bits per heavy atom. The Bertz CT molecular complexity index is 1020. The van der Waals surface area contributed by atoms with E-state index in [1.54, 1.807) is 0 Å². The van der Waals surface area contributed by atoms with E-state index < -0.39 is 23.9 Å². The first-order valence-corrected chi connectivity index (χ1v) is 8.73. The molecule has 0 aromatic heterocycles. The lowest BCUT2D eigenvalue weighted by Gasteiger charge is -2.16. The van der Waals surface area contributed by atoms with Crippen molar-refractivity contribution in [2.24, 2.45) is 0 Å². The first-order valence-electron chi connectivity index (χ1n) is 8.73. The molecule has 142 valence electrons. The molecule has 1 atom stereocenters. The van der Waals surface area contributed by atoms with Crippen LogP contribution in [0.4, 0.5) is 0 Å². The maximum absolute atomic E-state index is 12.5. The third-order valence-electron chi connectivity index (χ3n) is 4.29. The Morgan fingerprint density at radius 2 is 1.64 bits per heavy atom. The second-order valence-electron chi connectivity index (χ2n) is 6.32. The molecule has 0 radical (unpaired) electrons. The van der Waals surface area contributed by atoms with E-state index in [-0.39, 0.29) is 12.0 Å². The summed E-state index contributed by atoms with van der Waals surface area (Å²) in [7, 11) is 0. The minimum atomic E-state index is -1.11. The van der Waals surface area contributed by atoms with Crippen molar-refractivity contribution < 1.29 is 24.2 Å². The van der Waals surface area contributed by atoms with Crippen molar-refractivity contribution in [3.8, 4) is 5.75 Å². The quantitative estimate of drug-likeness (QED) is 0.508. The number of carbonyl (C=O) groups excluding carboxylic acids is 2. The molecule has 0 saturated heterocycles. The van der Waals surface area contributed by atoms with Crippen molar-refractivity contribution in [2.45, 2.75) is 19.4 Å². The summed E-state index contributed by atoms with van der Waals surface area (Å²) in [6, 6.07) is 18.2. The van der Waals surface area contributed by atoms with Gasteiger partial charge in [0.25, 0.3) is 5.91 Å². The molecule has 3 aromatic carbocycles. The van der Waals surface area contributed by atoms with Crippen LogP contribution in [0, 0.1) is 0 Å². The highest BCUT2D eigenvalue weighted by Crippen LogP contribution is 2.20. The van der Waals surface area contributed by atoms with Crippen LogP contribution in [0.1, 0.15) is 22.8 Å². The number of hydrogen-bond acceptors (Lipinski definition) is 4. The molecule has 0 aliphatic heterocycles. The van der Waals surface area contributed by atoms with Gasteiger partial charge in [0.15, 0.2) is 0 Å². The average molecular weight is 377 g/mol. The summed E-state index contributed by atoms with van der Waals surface area (Å²) >= 11 is 0. The van der Waals surface area contributed by atoms with Crippen LogP contribution >= 0.6 is 0 Å². The molecule has 2 N–H and O–H groups in total. The van der Waals surface area contributed by atoms with Gasteiger partial charge in [-0.15, -0.1) is 0 Å². The first-order chi connectivity index (χ1) is 13.4. The van der Waals surface area contributed by atoms with Crippen molar-refractivity contribution in [1.82, 2.24) is 5.32 Å². The third-order valence-corrected chi connectivity index (χ3v) is 4.29. The number of carbonyl (C=O) groups is 3. The van der Waals surface area contributed by atoms with Crippen molar-refractivity contribution in [1.29, 1.82) is 0 Å². The summed E-state index contributed by atoms with van der Waals surface area (Å²) in [5.74, 6) is -1.77. The molecule has 28 heavy (non-hydrogen) atoms. The molecule has 6 heteroatoms. The summed E-state index contributed by atoms with van der Waals surface area (Å²) in [5, 5.41) is 14.1. The molecule has 0 aliphatic rings. The van der Waals surface area contributed by atoms with E-state index in [9.17, 15) is 19.5 Å². The molecule has 0 heterocycles. The standard InChI is InChI=1S/C22H19NO5/c1-14(24)28-18-11-9-16(10-12-18)21(25)23-20(22(26)27)13-17-7-4-6-15-5-2-3-8-19(15)17/h2-12,20H,13H2,1H3,(H,23,25)(H,26,27)/t20-/m1/s1. The van der Waals surface area contributed by atoms with Gasteiger partial charge in [-0.1, -0.05) is 42.5 Å². The fraction of sp³-hybridized carbons (Fsp3) is 0.136. The molecule has 0 unspecified atom stereocenters. The second kappa shape index (κ2) is 8.35. The van der Waals surface area contributed by atoms with Gasteiger partial charge < -0.3 is 15.2 Å². The lowest BCUT2D eigenvalue weighted by atomic mass is 9.98. The van der Waals surface area contributed by atoms with E-state index in [0.29, 0.717) is 5.75 Å². The number of nitrogens with one attached hydrogen (secondary N) is 1. The van der Waals surface area contributed by atoms with Crippen LogP contribution < -0.4 is 10.1 Å². The normalized spacial score (nSPS) is 11.6. The van der Waals surface area contributed by atoms with E-state index in [1.807, 2.05) is 42.5 Å². The molecule has 0 saturated carbocycles. The Kier molecular flexibility index (Phi) is 5.69. The van der Waals surface area contributed by atoms with Gasteiger partial charge in [0, 0.05) is 18.9 Å². The van der Waals surface area contributed by atoms with Crippen LogP contribution in [0.3, 0.4) is 0 Å². The summed E-state index contributed by atoms with van der Waals surface area (Å²) in [4.78, 5) is 35.1. The summed E-state index contributed by atoms with van der Waals surface area (Å²) in [6.07, 6.45) is 0.161. The van der Waals surface area contributed by atoms with Crippen molar-refractivity contribution >= 4 is 28.6 Å². The van der Waals surface area contributed by atoms with Crippen LogP contribution in [-0.4, -0.2) is 29.0 Å². The fourth-order valence-corrected chi connectivity index (χ4v) is 2.97. The zero-order chi connectivity index (χ0) is 20.1. The smallest absolute Gasteiger partial charge is 0.326 e. The lowest BCUT2D eigenvalue weighted by molar-refractivity contribution is -0.139. The zero-order valence-electron chi connectivity index (χ0n) is 15.2. The third kappa shape index (κ3) is 4.54. The van der Waals surface area contributed by atoms with Crippen LogP contribution in [-0.2, 0) is 16.0 Å². The van der Waals surface area contributed by atoms with Crippen molar-refractivity contribution in [3.63, 3.8) is 0 Å².